The Kier molecular flexibility index (Phi) is 4.68. The quantitative estimate of drug-likeness (QED) is 0.650. The van der Waals surface area contributed by atoms with Crippen molar-refractivity contribution in [1.82, 2.24) is 9.97 Å². The molecule has 0 aliphatic carbocycles. The molecule has 19 heavy (non-hydrogen) atoms. The van der Waals surface area contributed by atoms with Gasteiger partial charge < -0.3 is 10.1 Å². The molecule has 0 atom stereocenters. The number of nitrogens with one attached hydrogen (secondary N) is 1. The molecule has 5 nitrogen and oxygen atoms in total. The van der Waals surface area contributed by atoms with Crippen LogP contribution < -0.4 is 5.32 Å². The van der Waals surface area contributed by atoms with Crippen LogP contribution in [0.2, 0.25) is 0 Å². The number of fused-ring (bicyclic) bond motifs is 1. The Morgan fingerprint density at radius 3 is 3.00 bits per heavy atom. The summed E-state index contributed by atoms with van der Waals surface area (Å²) in [4.78, 5) is 21.1. The summed E-state index contributed by atoms with van der Waals surface area (Å²) in [7, 11) is 0. The predicted octanol–water partition coefficient (Wildman–Crippen LogP) is 3.08. The standard InChI is InChI=1S/C13H17N3O2S/c1-3-5-6-14-11-10-9(13(17)18-4-2)7-19-12(10)16-8-15-11/h7-8H,3-6H2,1-2H3,(H,14,15,16). The van der Waals surface area contributed by atoms with Gasteiger partial charge in [-0.2, -0.15) is 0 Å². The predicted molar refractivity (Wildman–Crippen MR) is 76.8 cm³/mol. The minimum atomic E-state index is -0.318. The minimum Gasteiger partial charge on any atom is -0.462 e. The van der Waals surface area contributed by atoms with E-state index in [0.29, 0.717) is 18.0 Å². The molecule has 102 valence electrons. The third-order valence-corrected chi connectivity index (χ3v) is 3.57. The average molecular weight is 279 g/mol. The summed E-state index contributed by atoms with van der Waals surface area (Å²) in [6.45, 7) is 5.12. The van der Waals surface area contributed by atoms with Crippen molar-refractivity contribution in [2.75, 3.05) is 18.5 Å². The Bertz CT molecular complexity index is 568. The summed E-state index contributed by atoms with van der Waals surface area (Å²) in [5.74, 6) is 0.393. The number of thiophene rings is 1. The monoisotopic (exact) mass is 279 g/mol. The van der Waals surface area contributed by atoms with Gasteiger partial charge in [0.25, 0.3) is 0 Å². The first-order valence-electron chi connectivity index (χ1n) is 6.41. The second kappa shape index (κ2) is 6.47. The summed E-state index contributed by atoms with van der Waals surface area (Å²) < 4.78 is 5.06. The van der Waals surface area contributed by atoms with Crippen molar-refractivity contribution in [3.8, 4) is 0 Å². The minimum absolute atomic E-state index is 0.318. The van der Waals surface area contributed by atoms with Crippen LogP contribution in [0.5, 0.6) is 0 Å². The molecule has 0 radical (unpaired) electrons. The van der Waals surface area contributed by atoms with Gasteiger partial charge in [-0.05, 0) is 13.3 Å². The van der Waals surface area contributed by atoms with Gasteiger partial charge in [-0.25, -0.2) is 14.8 Å². The van der Waals surface area contributed by atoms with Gasteiger partial charge in [0.15, 0.2) is 0 Å². The summed E-state index contributed by atoms with van der Waals surface area (Å²) in [5.41, 5.74) is 0.543. The fraction of sp³-hybridized carbons (Fsp3) is 0.462. The van der Waals surface area contributed by atoms with Crippen LogP contribution in [0.3, 0.4) is 0 Å². The molecule has 2 rings (SSSR count). The summed E-state index contributed by atoms with van der Waals surface area (Å²) in [6, 6.07) is 0. The molecule has 6 heteroatoms. The van der Waals surface area contributed by atoms with Crippen molar-refractivity contribution in [1.29, 1.82) is 0 Å². The van der Waals surface area contributed by atoms with Gasteiger partial charge in [-0.1, -0.05) is 13.3 Å². The van der Waals surface area contributed by atoms with Gasteiger partial charge in [0.1, 0.15) is 17.0 Å². The van der Waals surface area contributed by atoms with Crippen LogP contribution in [-0.2, 0) is 4.74 Å². The zero-order chi connectivity index (χ0) is 13.7. The highest BCUT2D eigenvalue weighted by atomic mass is 32.1. The molecule has 1 N–H and O–H groups in total. The highest BCUT2D eigenvalue weighted by Gasteiger charge is 2.17. The molecule has 0 unspecified atom stereocenters. The molecular weight excluding hydrogens is 262 g/mol. The largest absolute Gasteiger partial charge is 0.462 e. The maximum Gasteiger partial charge on any atom is 0.339 e. The van der Waals surface area contributed by atoms with Crippen LogP contribution in [0.4, 0.5) is 5.82 Å². The molecule has 0 aliphatic rings. The number of carbonyl (C=O) groups excluding carboxylic acids is 1. The maximum atomic E-state index is 11.9. The molecular formula is C13H17N3O2S. The molecule has 0 spiro atoms. The number of hydrogen-bond acceptors (Lipinski definition) is 6. The van der Waals surface area contributed by atoms with E-state index in [0.717, 1.165) is 29.6 Å². The fourth-order valence-electron chi connectivity index (χ4n) is 1.75. The molecule has 2 heterocycles. The van der Waals surface area contributed by atoms with Crippen molar-refractivity contribution in [2.45, 2.75) is 26.7 Å². The van der Waals surface area contributed by atoms with E-state index in [1.54, 1.807) is 12.3 Å². The highest BCUT2D eigenvalue weighted by molar-refractivity contribution is 7.17. The first kappa shape index (κ1) is 13.7. The van der Waals surface area contributed by atoms with E-state index in [1.807, 2.05) is 0 Å². The lowest BCUT2D eigenvalue weighted by Crippen LogP contribution is -2.07. The van der Waals surface area contributed by atoms with Crippen molar-refractivity contribution < 1.29 is 9.53 Å². The van der Waals surface area contributed by atoms with E-state index in [1.165, 1.54) is 17.7 Å². The number of nitrogens with zero attached hydrogens (tertiary/aromatic N) is 2. The number of aromatic nitrogens is 2. The molecule has 2 aromatic rings. The second-order valence-corrected chi connectivity index (χ2v) is 4.91. The van der Waals surface area contributed by atoms with Crippen LogP contribution in [0.25, 0.3) is 10.2 Å². The Labute approximate surface area is 116 Å². The molecule has 0 saturated heterocycles. The first-order valence-corrected chi connectivity index (χ1v) is 7.29. The Morgan fingerprint density at radius 1 is 1.42 bits per heavy atom. The number of anilines is 1. The van der Waals surface area contributed by atoms with E-state index >= 15 is 0 Å². The van der Waals surface area contributed by atoms with Gasteiger partial charge in [-0.15, -0.1) is 11.3 Å². The lowest BCUT2D eigenvalue weighted by molar-refractivity contribution is 0.0529. The molecule has 0 fully saturated rings. The number of unbranched alkanes of at least 4 members (excludes halogenated alkanes) is 1. The molecule has 2 aromatic heterocycles. The topological polar surface area (TPSA) is 64.1 Å². The van der Waals surface area contributed by atoms with E-state index < -0.39 is 0 Å². The fourth-order valence-corrected chi connectivity index (χ4v) is 2.63. The summed E-state index contributed by atoms with van der Waals surface area (Å²) in [5, 5.41) is 5.81. The normalized spacial score (nSPS) is 10.6. The average Bonchev–Trinajstić information content (AvgIpc) is 2.84. The third-order valence-electron chi connectivity index (χ3n) is 2.69. The lowest BCUT2D eigenvalue weighted by Gasteiger charge is -2.07. The van der Waals surface area contributed by atoms with Gasteiger partial charge in [-0.3, -0.25) is 0 Å². The molecule has 0 aliphatic heterocycles. The van der Waals surface area contributed by atoms with Crippen molar-refractivity contribution in [3.05, 3.63) is 17.3 Å². The Balaban J connectivity index is 2.34. The highest BCUT2D eigenvalue weighted by Crippen LogP contribution is 2.29. The van der Waals surface area contributed by atoms with Crippen molar-refractivity contribution in [3.63, 3.8) is 0 Å². The van der Waals surface area contributed by atoms with Crippen LogP contribution in [0.15, 0.2) is 11.7 Å². The number of carbonyl (C=O) groups is 1. The van der Waals surface area contributed by atoms with Gasteiger partial charge in [0.05, 0.1) is 17.6 Å². The van der Waals surface area contributed by atoms with E-state index in [-0.39, 0.29) is 5.97 Å². The van der Waals surface area contributed by atoms with Crippen LogP contribution in [-0.4, -0.2) is 29.1 Å². The van der Waals surface area contributed by atoms with E-state index in [4.69, 9.17) is 4.74 Å². The van der Waals surface area contributed by atoms with Crippen LogP contribution >= 0.6 is 11.3 Å². The van der Waals surface area contributed by atoms with Gasteiger partial charge in [0, 0.05) is 11.9 Å². The maximum absolute atomic E-state index is 11.9. The molecule has 0 saturated carbocycles. The second-order valence-electron chi connectivity index (χ2n) is 4.05. The number of ether oxygens (including phenoxy) is 1. The van der Waals surface area contributed by atoms with Gasteiger partial charge in [0.2, 0.25) is 0 Å². The lowest BCUT2D eigenvalue weighted by atomic mass is 10.2. The SMILES string of the molecule is CCCCNc1ncnc2scc(C(=O)OCC)c12. The number of hydrogen-bond donors (Lipinski definition) is 1. The van der Waals surface area contributed by atoms with E-state index in [2.05, 4.69) is 22.2 Å². The molecule has 0 bridgehead atoms. The van der Waals surface area contributed by atoms with Crippen molar-refractivity contribution >= 4 is 33.3 Å². The van der Waals surface area contributed by atoms with Crippen LogP contribution in [0.1, 0.15) is 37.0 Å². The van der Waals surface area contributed by atoms with E-state index in [9.17, 15) is 4.79 Å². The number of rotatable bonds is 6. The zero-order valence-corrected chi connectivity index (χ0v) is 11.9. The third kappa shape index (κ3) is 3.01. The first-order chi connectivity index (χ1) is 9.27. The Hall–Kier alpha value is -1.69. The van der Waals surface area contributed by atoms with Gasteiger partial charge >= 0.3 is 5.97 Å². The van der Waals surface area contributed by atoms with Crippen molar-refractivity contribution in [2.24, 2.45) is 0 Å². The Morgan fingerprint density at radius 2 is 2.26 bits per heavy atom. The molecule has 0 amide bonds. The zero-order valence-electron chi connectivity index (χ0n) is 11.1. The number of esters is 1. The summed E-state index contributed by atoms with van der Waals surface area (Å²) in [6.07, 6.45) is 3.68. The molecule has 0 aromatic carbocycles. The smallest absolute Gasteiger partial charge is 0.339 e. The summed E-state index contributed by atoms with van der Waals surface area (Å²) >= 11 is 1.43. The van der Waals surface area contributed by atoms with Crippen LogP contribution in [0, 0.1) is 0 Å².